The number of benzene rings is 3. The van der Waals surface area contributed by atoms with Crippen LogP contribution in [0.3, 0.4) is 0 Å². The second-order valence-electron chi connectivity index (χ2n) is 8.42. The maximum Gasteiger partial charge on any atom is 0.271 e. The van der Waals surface area contributed by atoms with Crippen molar-refractivity contribution in [3.63, 3.8) is 0 Å². The number of hydrazone groups is 1. The number of nitrogens with one attached hydrogen (secondary N) is 1. The summed E-state index contributed by atoms with van der Waals surface area (Å²) in [7, 11) is 0. The number of aryl methyl sites for hydroxylation is 1. The van der Waals surface area contributed by atoms with Crippen molar-refractivity contribution in [2.24, 2.45) is 5.10 Å². The smallest absolute Gasteiger partial charge is 0.271 e. The fraction of sp³-hybridized carbons (Fsp3) is 0.0645. The zero-order chi connectivity index (χ0) is 24.7. The third kappa shape index (κ3) is 5.00. The molecule has 5 heteroatoms. The first-order valence-electron chi connectivity index (χ1n) is 11.7. The molecule has 3 aromatic carbocycles. The van der Waals surface area contributed by atoms with E-state index in [0.717, 1.165) is 33.6 Å². The van der Waals surface area contributed by atoms with E-state index in [1.807, 2.05) is 72.8 Å². The normalized spacial score (nSPS) is 15.4. The molecule has 4 aromatic rings. The van der Waals surface area contributed by atoms with E-state index in [-0.39, 0.29) is 11.8 Å². The summed E-state index contributed by atoms with van der Waals surface area (Å²) >= 11 is 0. The van der Waals surface area contributed by atoms with Crippen molar-refractivity contribution in [1.29, 1.82) is 0 Å². The number of nitrogens with zero attached hydrogens (tertiary/aromatic N) is 2. The Morgan fingerprint density at radius 3 is 2.19 bits per heavy atom. The summed E-state index contributed by atoms with van der Waals surface area (Å²) in [5.41, 5.74) is 8.20. The average Bonchev–Trinajstić information content (AvgIpc) is 2.94. The maximum atomic E-state index is 12.6. The van der Waals surface area contributed by atoms with Gasteiger partial charge in [0.25, 0.3) is 5.91 Å². The van der Waals surface area contributed by atoms with Crippen LogP contribution < -0.4 is 5.43 Å². The number of pyridine rings is 1. The van der Waals surface area contributed by atoms with Crippen molar-refractivity contribution in [3.05, 3.63) is 149 Å². The average molecular weight is 472 g/mol. The molecule has 2 heterocycles. The van der Waals surface area contributed by atoms with Gasteiger partial charge in [0, 0.05) is 40.6 Å². The van der Waals surface area contributed by atoms with Gasteiger partial charge in [-0.1, -0.05) is 84.9 Å². The van der Waals surface area contributed by atoms with E-state index in [1.165, 1.54) is 0 Å². The monoisotopic (exact) mass is 471 g/mol. The first kappa shape index (κ1) is 23.0. The molecule has 1 aromatic heterocycles. The van der Waals surface area contributed by atoms with Crippen molar-refractivity contribution in [3.8, 4) is 0 Å². The van der Waals surface area contributed by atoms with Crippen molar-refractivity contribution in [2.75, 3.05) is 0 Å². The minimum Gasteiger partial charge on any atom is -0.456 e. The number of allylic oxidation sites excluding steroid dienone is 2. The molecular formula is C31H25N3O2. The molecule has 0 aliphatic carbocycles. The summed E-state index contributed by atoms with van der Waals surface area (Å²) in [5, 5.41) is 4.34. The Bertz CT molecular complexity index is 1440. The van der Waals surface area contributed by atoms with Crippen molar-refractivity contribution >= 4 is 23.6 Å². The molecule has 1 unspecified atom stereocenters. The Balaban J connectivity index is 1.60. The molecule has 1 atom stereocenters. The largest absolute Gasteiger partial charge is 0.456 e. The van der Waals surface area contributed by atoms with Crippen molar-refractivity contribution < 1.29 is 9.53 Å². The maximum absolute atomic E-state index is 12.6. The molecule has 0 fully saturated rings. The van der Waals surface area contributed by atoms with Crippen LogP contribution in [0.25, 0.3) is 11.5 Å². The second kappa shape index (κ2) is 10.7. The predicted octanol–water partition coefficient (Wildman–Crippen LogP) is 6.37. The fourth-order valence-corrected chi connectivity index (χ4v) is 4.22. The first-order valence-corrected chi connectivity index (χ1v) is 11.7. The third-order valence-electron chi connectivity index (χ3n) is 6.06. The number of carbonyl (C=O) groups is 1. The number of ether oxygens (including phenoxy) is 1. The Hall–Kier alpha value is -4.77. The minimum absolute atomic E-state index is 0.132. The lowest BCUT2D eigenvalue weighted by Gasteiger charge is -2.28. The van der Waals surface area contributed by atoms with Crippen LogP contribution in [-0.4, -0.2) is 17.1 Å². The van der Waals surface area contributed by atoms with Crippen molar-refractivity contribution in [1.82, 2.24) is 10.4 Å². The van der Waals surface area contributed by atoms with Gasteiger partial charge in [0.1, 0.15) is 11.5 Å². The lowest BCUT2D eigenvalue weighted by molar-refractivity contribution is 0.0955. The van der Waals surface area contributed by atoms with Gasteiger partial charge in [-0.05, 0) is 36.3 Å². The van der Waals surface area contributed by atoms with Gasteiger partial charge in [-0.3, -0.25) is 9.78 Å². The van der Waals surface area contributed by atoms with Crippen LogP contribution in [0, 0.1) is 6.92 Å². The van der Waals surface area contributed by atoms with Crippen LogP contribution in [-0.2, 0) is 4.74 Å². The van der Waals surface area contributed by atoms with E-state index in [0.29, 0.717) is 11.3 Å². The van der Waals surface area contributed by atoms with Gasteiger partial charge in [-0.2, -0.15) is 5.10 Å². The fourth-order valence-electron chi connectivity index (χ4n) is 4.22. The number of aromatic nitrogens is 1. The van der Waals surface area contributed by atoms with Gasteiger partial charge in [-0.15, -0.1) is 0 Å². The molecule has 1 N–H and O–H groups in total. The Kier molecular flexibility index (Phi) is 6.81. The number of rotatable bonds is 6. The van der Waals surface area contributed by atoms with Gasteiger partial charge >= 0.3 is 0 Å². The van der Waals surface area contributed by atoms with Crippen LogP contribution in [0.2, 0.25) is 0 Å². The SMILES string of the molecule is Cc1ccccc1C1C=C(c2ccccc2)OC(c2ccccc2)=C1C=NNC(=O)c1ccncc1. The van der Waals surface area contributed by atoms with Crippen LogP contribution in [0.15, 0.2) is 126 Å². The van der Waals surface area contributed by atoms with E-state index in [2.05, 4.69) is 40.6 Å². The Morgan fingerprint density at radius 2 is 1.50 bits per heavy atom. The summed E-state index contributed by atoms with van der Waals surface area (Å²) in [6.07, 6.45) is 6.97. The molecule has 0 spiro atoms. The topological polar surface area (TPSA) is 63.6 Å². The molecule has 0 bridgehead atoms. The molecule has 0 saturated carbocycles. The highest BCUT2D eigenvalue weighted by molar-refractivity contribution is 5.97. The molecule has 1 amide bonds. The quantitative estimate of drug-likeness (QED) is 0.262. The number of hydrogen-bond acceptors (Lipinski definition) is 4. The van der Waals surface area contributed by atoms with E-state index < -0.39 is 0 Å². The third-order valence-corrected chi connectivity index (χ3v) is 6.06. The van der Waals surface area contributed by atoms with Crippen LogP contribution >= 0.6 is 0 Å². The first-order chi connectivity index (χ1) is 17.7. The molecule has 1 aliphatic rings. The Morgan fingerprint density at radius 1 is 0.861 bits per heavy atom. The number of amides is 1. The Labute approximate surface area is 210 Å². The standard InChI is InChI=1S/C31H25N3O2/c1-22-10-8-9-15-26(22)27-20-29(23-11-4-2-5-12-23)36-30(24-13-6-3-7-14-24)28(27)21-33-34-31(35)25-16-18-32-19-17-25/h2-21,27H,1H3,(H,34,35). The molecule has 0 radical (unpaired) electrons. The lowest BCUT2D eigenvalue weighted by atomic mass is 9.84. The predicted molar refractivity (Wildman–Crippen MR) is 143 cm³/mol. The summed E-state index contributed by atoms with van der Waals surface area (Å²) in [4.78, 5) is 16.5. The minimum atomic E-state index is -0.305. The lowest BCUT2D eigenvalue weighted by Crippen LogP contribution is -2.19. The summed E-state index contributed by atoms with van der Waals surface area (Å²) < 4.78 is 6.53. The molecule has 5 nitrogen and oxygen atoms in total. The van der Waals surface area contributed by atoms with Gasteiger partial charge in [0.2, 0.25) is 0 Å². The van der Waals surface area contributed by atoms with Crippen LogP contribution in [0.4, 0.5) is 0 Å². The highest BCUT2D eigenvalue weighted by atomic mass is 16.5. The second-order valence-corrected chi connectivity index (χ2v) is 8.42. The van der Waals surface area contributed by atoms with E-state index in [1.54, 1.807) is 30.7 Å². The van der Waals surface area contributed by atoms with E-state index in [9.17, 15) is 4.79 Å². The van der Waals surface area contributed by atoms with Gasteiger partial charge < -0.3 is 4.74 Å². The van der Waals surface area contributed by atoms with Gasteiger partial charge in [0.05, 0.1) is 6.21 Å². The van der Waals surface area contributed by atoms with E-state index in [4.69, 9.17) is 4.74 Å². The highest BCUT2D eigenvalue weighted by Crippen LogP contribution is 2.41. The summed E-state index contributed by atoms with van der Waals surface area (Å²) in [6.45, 7) is 2.10. The molecule has 1 aliphatic heterocycles. The van der Waals surface area contributed by atoms with Crippen LogP contribution in [0.5, 0.6) is 0 Å². The van der Waals surface area contributed by atoms with Crippen molar-refractivity contribution in [2.45, 2.75) is 12.8 Å². The van der Waals surface area contributed by atoms with E-state index >= 15 is 0 Å². The molecule has 0 saturated heterocycles. The molecular weight excluding hydrogens is 446 g/mol. The van der Waals surface area contributed by atoms with Gasteiger partial charge in [-0.25, -0.2) is 5.43 Å². The van der Waals surface area contributed by atoms with Crippen LogP contribution in [0.1, 0.15) is 38.5 Å². The zero-order valence-corrected chi connectivity index (χ0v) is 19.8. The molecule has 5 rings (SSSR count). The zero-order valence-electron chi connectivity index (χ0n) is 19.8. The molecule has 36 heavy (non-hydrogen) atoms. The molecule has 176 valence electrons. The number of hydrogen-bond donors (Lipinski definition) is 1. The summed E-state index contributed by atoms with van der Waals surface area (Å²) in [6, 6.07) is 31.6. The summed E-state index contributed by atoms with van der Waals surface area (Å²) in [5.74, 6) is 1.04. The highest BCUT2D eigenvalue weighted by Gasteiger charge is 2.28. The van der Waals surface area contributed by atoms with Gasteiger partial charge in [0.15, 0.2) is 0 Å². The number of carbonyl (C=O) groups excluding carboxylic acids is 1.